The Morgan fingerprint density at radius 2 is 0.962 bits per heavy atom. The minimum atomic E-state index is 0.879. The summed E-state index contributed by atoms with van der Waals surface area (Å²) >= 11 is 3.73. The Balaban J connectivity index is 1.05. The molecular formula is C48H29NOS2. The van der Waals surface area contributed by atoms with Crippen LogP contribution in [0.25, 0.3) is 84.5 Å². The van der Waals surface area contributed by atoms with Crippen LogP contribution in [0.4, 0.5) is 17.1 Å². The van der Waals surface area contributed by atoms with Crippen LogP contribution in [0.5, 0.6) is 0 Å². The van der Waals surface area contributed by atoms with Crippen LogP contribution < -0.4 is 4.90 Å². The van der Waals surface area contributed by atoms with Gasteiger partial charge in [-0.15, -0.1) is 22.7 Å². The Kier molecular flexibility index (Phi) is 6.63. The third-order valence-corrected chi connectivity index (χ3v) is 12.7. The van der Waals surface area contributed by atoms with Crippen molar-refractivity contribution in [3.8, 4) is 22.3 Å². The zero-order chi connectivity index (χ0) is 34.2. The number of fused-ring (bicyclic) bond motifs is 9. The molecule has 0 radical (unpaired) electrons. The van der Waals surface area contributed by atoms with Crippen LogP contribution in [0, 0.1) is 0 Å². The predicted molar refractivity (Wildman–Crippen MR) is 225 cm³/mol. The molecule has 244 valence electrons. The number of furan rings is 1. The maximum atomic E-state index is 6.37. The van der Waals surface area contributed by atoms with E-state index < -0.39 is 0 Å². The number of anilines is 3. The first kappa shape index (κ1) is 29.5. The minimum absolute atomic E-state index is 0.879. The molecule has 52 heavy (non-hydrogen) atoms. The average Bonchev–Trinajstić information content (AvgIpc) is 3.90. The maximum absolute atomic E-state index is 6.37. The first-order valence-electron chi connectivity index (χ1n) is 17.5. The third kappa shape index (κ3) is 4.62. The van der Waals surface area contributed by atoms with Crippen molar-refractivity contribution in [2.75, 3.05) is 4.90 Å². The summed E-state index contributed by atoms with van der Waals surface area (Å²) in [4.78, 5) is 2.37. The molecule has 0 fully saturated rings. The topological polar surface area (TPSA) is 16.4 Å². The molecule has 3 heterocycles. The Morgan fingerprint density at radius 1 is 0.385 bits per heavy atom. The van der Waals surface area contributed by atoms with Crippen LogP contribution >= 0.6 is 22.7 Å². The molecule has 11 rings (SSSR count). The zero-order valence-electron chi connectivity index (χ0n) is 27.9. The number of para-hydroxylation sites is 1. The number of nitrogens with zero attached hydrogens (tertiary/aromatic N) is 1. The van der Waals surface area contributed by atoms with Crippen LogP contribution in [0.3, 0.4) is 0 Å². The number of thiophene rings is 2. The first-order chi connectivity index (χ1) is 25.8. The van der Waals surface area contributed by atoms with Crippen LogP contribution in [0.15, 0.2) is 180 Å². The molecule has 0 aliphatic rings. The smallest absolute Gasteiger partial charge is 0.137 e. The third-order valence-electron chi connectivity index (χ3n) is 10.3. The van der Waals surface area contributed by atoms with Gasteiger partial charge in [-0.3, -0.25) is 0 Å². The van der Waals surface area contributed by atoms with Crippen molar-refractivity contribution in [2.24, 2.45) is 0 Å². The predicted octanol–water partition coefficient (Wildman–Crippen LogP) is 15.1. The molecule has 0 aliphatic heterocycles. The molecule has 0 aliphatic carbocycles. The van der Waals surface area contributed by atoms with Crippen molar-refractivity contribution in [1.82, 2.24) is 0 Å². The molecule has 11 aromatic rings. The molecule has 0 bridgehead atoms. The van der Waals surface area contributed by atoms with E-state index in [-0.39, 0.29) is 0 Å². The van der Waals surface area contributed by atoms with Gasteiger partial charge in [0.15, 0.2) is 0 Å². The van der Waals surface area contributed by atoms with E-state index in [4.69, 9.17) is 4.42 Å². The fraction of sp³-hybridized carbons (Fsp3) is 0. The first-order valence-corrected chi connectivity index (χ1v) is 19.1. The summed E-state index contributed by atoms with van der Waals surface area (Å²) in [6.07, 6.45) is 0. The van der Waals surface area contributed by atoms with E-state index in [1.807, 2.05) is 28.7 Å². The van der Waals surface area contributed by atoms with Crippen LogP contribution in [-0.2, 0) is 0 Å². The van der Waals surface area contributed by atoms with E-state index in [0.717, 1.165) is 39.0 Å². The molecule has 3 aromatic heterocycles. The van der Waals surface area contributed by atoms with Crippen LogP contribution in [-0.4, -0.2) is 0 Å². The highest BCUT2D eigenvalue weighted by Crippen LogP contribution is 2.45. The summed E-state index contributed by atoms with van der Waals surface area (Å²) in [7, 11) is 0. The fourth-order valence-electron chi connectivity index (χ4n) is 7.84. The monoisotopic (exact) mass is 699 g/mol. The average molecular weight is 700 g/mol. The van der Waals surface area contributed by atoms with E-state index in [2.05, 4.69) is 175 Å². The van der Waals surface area contributed by atoms with Crippen LogP contribution in [0.1, 0.15) is 0 Å². The van der Waals surface area contributed by atoms with Gasteiger partial charge in [0.2, 0.25) is 0 Å². The van der Waals surface area contributed by atoms with Crippen molar-refractivity contribution < 1.29 is 4.42 Å². The standard InChI is InChI=1S/C48H29NOS2/c1-4-15-42-39(11-1)47-41(14-8-16-43(47)50-42)49(33-24-19-30(20-25-33)32-23-28-46-40(29-32)37-10-3-5-17-44(37)51-46)34-26-21-31(22-27-34)35-12-7-13-38-36-9-2-6-18-45(36)52-48(35)38/h1-29H. The summed E-state index contributed by atoms with van der Waals surface area (Å²) in [6, 6.07) is 63.7. The van der Waals surface area contributed by atoms with Gasteiger partial charge in [0.1, 0.15) is 11.2 Å². The number of rotatable bonds is 5. The Hall–Kier alpha value is -6.20. The van der Waals surface area contributed by atoms with Crippen molar-refractivity contribution in [1.29, 1.82) is 0 Å². The van der Waals surface area contributed by atoms with Gasteiger partial charge in [0.25, 0.3) is 0 Å². The van der Waals surface area contributed by atoms with Crippen molar-refractivity contribution in [3.63, 3.8) is 0 Å². The van der Waals surface area contributed by atoms with E-state index >= 15 is 0 Å². The van der Waals surface area contributed by atoms with Crippen LogP contribution in [0.2, 0.25) is 0 Å². The van der Waals surface area contributed by atoms with Gasteiger partial charge in [-0.25, -0.2) is 0 Å². The van der Waals surface area contributed by atoms with Crippen molar-refractivity contribution in [2.45, 2.75) is 0 Å². The molecule has 0 N–H and O–H groups in total. The summed E-state index contributed by atoms with van der Waals surface area (Å²) in [5, 5.41) is 7.48. The molecular weight excluding hydrogens is 671 g/mol. The van der Waals surface area contributed by atoms with E-state index in [9.17, 15) is 0 Å². The molecule has 2 nitrogen and oxygen atoms in total. The second-order valence-corrected chi connectivity index (χ2v) is 15.4. The lowest BCUT2D eigenvalue weighted by Crippen LogP contribution is -2.10. The van der Waals surface area contributed by atoms with Crippen molar-refractivity contribution in [3.05, 3.63) is 176 Å². The summed E-state index contributed by atoms with van der Waals surface area (Å²) in [6.45, 7) is 0. The number of hydrogen-bond donors (Lipinski definition) is 0. The van der Waals surface area contributed by atoms with Crippen molar-refractivity contribution >= 4 is 102 Å². The molecule has 8 aromatic carbocycles. The lowest BCUT2D eigenvalue weighted by molar-refractivity contribution is 0.669. The zero-order valence-corrected chi connectivity index (χ0v) is 29.5. The lowest BCUT2D eigenvalue weighted by Gasteiger charge is -2.26. The molecule has 0 saturated carbocycles. The Labute approximate surface area is 308 Å². The molecule has 0 spiro atoms. The van der Waals surface area contributed by atoms with Gasteiger partial charge >= 0.3 is 0 Å². The van der Waals surface area contributed by atoms with E-state index in [0.29, 0.717) is 0 Å². The van der Waals surface area contributed by atoms with Gasteiger partial charge in [-0.05, 0) is 89.0 Å². The van der Waals surface area contributed by atoms with E-state index in [1.165, 1.54) is 62.6 Å². The molecule has 0 saturated heterocycles. The highest BCUT2D eigenvalue weighted by molar-refractivity contribution is 7.26. The molecule has 0 atom stereocenters. The SMILES string of the molecule is c1ccc2c(c1)oc1cccc(N(c3ccc(-c4ccc5sc6ccccc6c5c4)cc3)c3ccc(-c4cccc5c4sc4ccccc45)cc3)c12. The molecule has 0 amide bonds. The molecule has 0 unspecified atom stereocenters. The Bertz CT molecular complexity index is 3130. The van der Waals surface area contributed by atoms with E-state index in [1.54, 1.807) is 0 Å². The second kappa shape index (κ2) is 11.7. The number of benzene rings is 8. The van der Waals surface area contributed by atoms with Gasteiger partial charge in [0, 0.05) is 57.1 Å². The summed E-state index contributed by atoms with van der Waals surface area (Å²) in [5.74, 6) is 0. The fourth-order valence-corrected chi connectivity index (χ4v) is 10.2. The van der Waals surface area contributed by atoms with Gasteiger partial charge in [-0.2, -0.15) is 0 Å². The highest BCUT2D eigenvalue weighted by Gasteiger charge is 2.20. The van der Waals surface area contributed by atoms with Gasteiger partial charge in [-0.1, -0.05) is 109 Å². The highest BCUT2D eigenvalue weighted by atomic mass is 32.1. The van der Waals surface area contributed by atoms with Gasteiger partial charge < -0.3 is 9.32 Å². The largest absolute Gasteiger partial charge is 0.456 e. The second-order valence-electron chi connectivity index (χ2n) is 13.3. The minimum Gasteiger partial charge on any atom is -0.456 e. The van der Waals surface area contributed by atoms with Gasteiger partial charge in [0.05, 0.1) is 11.1 Å². The quantitative estimate of drug-likeness (QED) is 0.178. The molecule has 4 heteroatoms. The summed E-state index contributed by atoms with van der Waals surface area (Å²) in [5.41, 5.74) is 9.91. The Morgan fingerprint density at radius 3 is 1.75 bits per heavy atom. The number of hydrogen-bond acceptors (Lipinski definition) is 4. The summed E-state index contributed by atoms with van der Waals surface area (Å²) < 4.78 is 11.7. The lowest BCUT2D eigenvalue weighted by atomic mass is 10.0. The normalized spacial score (nSPS) is 11.8. The maximum Gasteiger partial charge on any atom is 0.137 e.